The molecule has 1 N–H and O–H groups in total. The fourth-order valence-electron chi connectivity index (χ4n) is 2.41. The highest BCUT2D eigenvalue weighted by molar-refractivity contribution is 9.25. The van der Waals surface area contributed by atoms with Gasteiger partial charge in [-0.1, -0.05) is 31.9 Å². The van der Waals surface area contributed by atoms with Gasteiger partial charge in [-0.2, -0.15) is 0 Å². The molecule has 1 aliphatic rings. The first-order valence-electron chi connectivity index (χ1n) is 8.19. The Balaban J connectivity index is 2.21. The molecule has 0 aromatic carbocycles. The van der Waals surface area contributed by atoms with Gasteiger partial charge in [0, 0.05) is 6.04 Å². The third-order valence-corrected chi connectivity index (χ3v) is 4.28. The van der Waals surface area contributed by atoms with Gasteiger partial charge in [-0.05, 0) is 46.5 Å². The largest absolute Gasteiger partial charge is 0.462 e. The molecule has 1 fully saturated rings. The molecule has 0 bridgehead atoms. The molecular formula is C16H25Br2NO6. The van der Waals surface area contributed by atoms with Gasteiger partial charge < -0.3 is 19.5 Å². The SMILES string of the molecule is CC(C)(C)OC(=O)NC1CCC(C(=O)OCCOC(=O)C(Br)Br)CC1. The van der Waals surface area contributed by atoms with Crippen molar-refractivity contribution in [3.05, 3.63) is 0 Å². The van der Waals surface area contributed by atoms with Crippen LogP contribution < -0.4 is 5.32 Å². The number of amides is 1. The van der Waals surface area contributed by atoms with Crippen molar-refractivity contribution in [1.82, 2.24) is 5.32 Å². The molecule has 1 amide bonds. The maximum absolute atomic E-state index is 12.0. The van der Waals surface area contributed by atoms with Gasteiger partial charge in [-0.25, -0.2) is 9.59 Å². The Morgan fingerprint density at radius 3 is 2.12 bits per heavy atom. The lowest BCUT2D eigenvalue weighted by Crippen LogP contribution is -2.41. The quantitative estimate of drug-likeness (QED) is 0.268. The Morgan fingerprint density at radius 2 is 1.60 bits per heavy atom. The van der Waals surface area contributed by atoms with E-state index in [4.69, 9.17) is 14.2 Å². The molecule has 0 aromatic heterocycles. The zero-order valence-corrected chi connectivity index (χ0v) is 17.9. The van der Waals surface area contributed by atoms with Crippen LogP contribution >= 0.6 is 31.9 Å². The van der Waals surface area contributed by atoms with Crippen LogP contribution in [0.1, 0.15) is 46.5 Å². The molecule has 0 aliphatic heterocycles. The number of alkyl halides is 2. The van der Waals surface area contributed by atoms with Crippen LogP contribution in [-0.4, -0.2) is 46.6 Å². The number of hydrogen-bond donors (Lipinski definition) is 1. The van der Waals surface area contributed by atoms with Crippen molar-refractivity contribution in [3.8, 4) is 0 Å². The maximum atomic E-state index is 12.0. The van der Waals surface area contributed by atoms with E-state index in [1.54, 1.807) is 0 Å². The van der Waals surface area contributed by atoms with Crippen molar-refractivity contribution in [3.63, 3.8) is 0 Å². The highest BCUT2D eigenvalue weighted by atomic mass is 79.9. The Labute approximate surface area is 164 Å². The van der Waals surface area contributed by atoms with E-state index in [1.807, 2.05) is 20.8 Å². The average molecular weight is 487 g/mol. The fourth-order valence-corrected chi connectivity index (χ4v) is 2.68. The van der Waals surface area contributed by atoms with Gasteiger partial charge >= 0.3 is 18.0 Å². The van der Waals surface area contributed by atoms with Gasteiger partial charge in [0.05, 0.1) is 5.92 Å². The number of hydrogen-bond acceptors (Lipinski definition) is 6. The van der Waals surface area contributed by atoms with Crippen molar-refractivity contribution in [1.29, 1.82) is 0 Å². The van der Waals surface area contributed by atoms with Crippen molar-refractivity contribution in [2.24, 2.45) is 5.92 Å². The number of carbonyl (C=O) groups is 3. The molecule has 0 spiro atoms. The topological polar surface area (TPSA) is 90.9 Å². The van der Waals surface area contributed by atoms with E-state index in [1.165, 1.54) is 0 Å². The van der Waals surface area contributed by atoms with Gasteiger partial charge in [-0.15, -0.1) is 0 Å². The molecule has 0 heterocycles. The standard InChI is InChI=1S/C16H25Br2NO6/c1-16(2,3)25-15(22)19-11-6-4-10(5-7-11)13(20)23-8-9-24-14(21)12(17)18/h10-12H,4-9H2,1-3H3,(H,19,22). The van der Waals surface area contributed by atoms with Gasteiger partial charge in [0.1, 0.15) is 18.8 Å². The lowest BCUT2D eigenvalue weighted by molar-refractivity contribution is -0.155. The highest BCUT2D eigenvalue weighted by Crippen LogP contribution is 2.25. The second-order valence-corrected chi connectivity index (χ2v) is 9.89. The lowest BCUT2D eigenvalue weighted by Gasteiger charge is -2.29. The van der Waals surface area contributed by atoms with Gasteiger partial charge in [0.15, 0.2) is 3.74 Å². The molecule has 1 saturated carbocycles. The maximum Gasteiger partial charge on any atom is 0.407 e. The summed E-state index contributed by atoms with van der Waals surface area (Å²) < 4.78 is 14.7. The summed E-state index contributed by atoms with van der Waals surface area (Å²) in [5, 5.41) is 2.83. The van der Waals surface area contributed by atoms with E-state index in [-0.39, 0.29) is 31.1 Å². The zero-order chi connectivity index (χ0) is 19.0. The summed E-state index contributed by atoms with van der Waals surface area (Å²) in [6.07, 6.45) is 2.25. The molecule has 7 nitrogen and oxygen atoms in total. The van der Waals surface area contributed by atoms with E-state index < -0.39 is 21.4 Å². The number of ether oxygens (including phenoxy) is 3. The molecule has 0 saturated heterocycles. The van der Waals surface area contributed by atoms with Crippen LogP contribution in [0, 0.1) is 5.92 Å². The summed E-state index contributed by atoms with van der Waals surface area (Å²) in [5.41, 5.74) is -0.530. The van der Waals surface area contributed by atoms with Gasteiger partial charge in [-0.3, -0.25) is 4.79 Å². The summed E-state index contributed by atoms with van der Waals surface area (Å²) in [6, 6.07) is 0.00893. The molecule has 1 rings (SSSR count). The van der Waals surface area contributed by atoms with Crippen molar-refractivity contribution in [2.75, 3.05) is 13.2 Å². The van der Waals surface area contributed by atoms with E-state index >= 15 is 0 Å². The predicted octanol–water partition coefficient (Wildman–Crippen LogP) is 3.27. The van der Waals surface area contributed by atoms with Crippen molar-refractivity contribution < 1.29 is 28.6 Å². The highest BCUT2D eigenvalue weighted by Gasteiger charge is 2.29. The van der Waals surface area contributed by atoms with Crippen LogP contribution in [-0.2, 0) is 23.8 Å². The molecule has 25 heavy (non-hydrogen) atoms. The summed E-state index contributed by atoms with van der Waals surface area (Å²) in [5.74, 6) is -0.946. The Morgan fingerprint density at radius 1 is 1.04 bits per heavy atom. The molecule has 0 atom stereocenters. The monoisotopic (exact) mass is 485 g/mol. The van der Waals surface area contributed by atoms with Crippen LogP contribution in [0.15, 0.2) is 0 Å². The predicted molar refractivity (Wildman–Crippen MR) is 98.7 cm³/mol. The second-order valence-electron chi connectivity index (χ2n) is 6.83. The fraction of sp³-hybridized carbons (Fsp3) is 0.812. The third-order valence-electron chi connectivity index (χ3n) is 3.53. The number of nitrogens with one attached hydrogen (secondary N) is 1. The van der Waals surface area contributed by atoms with E-state index in [0.29, 0.717) is 25.7 Å². The van der Waals surface area contributed by atoms with E-state index in [2.05, 4.69) is 37.2 Å². The Kier molecular flexibility index (Phi) is 9.20. The molecular weight excluding hydrogens is 462 g/mol. The molecule has 0 unspecified atom stereocenters. The van der Waals surface area contributed by atoms with Crippen molar-refractivity contribution >= 4 is 49.9 Å². The molecule has 0 radical (unpaired) electrons. The molecule has 144 valence electrons. The summed E-state index contributed by atoms with van der Waals surface area (Å²) >= 11 is 6.03. The van der Waals surface area contributed by atoms with E-state index in [0.717, 1.165) is 0 Å². The van der Waals surface area contributed by atoms with Crippen LogP contribution in [0.25, 0.3) is 0 Å². The van der Waals surface area contributed by atoms with Gasteiger partial charge in [0.2, 0.25) is 0 Å². The first kappa shape index (κ1) is 22.2. The Hall–Kier alpha value is -0.830. The normalized spacial score (nSPS) is 20.7. The second kappa shape index (κ2) is 10.4. The van der Waals surface area contributed by atoms with E-state index in [9.17, 15) is 14.4 Å². The van der Waals surface area contributed by atoms with Crippen molar-refractivity contribution in [2.45, 2.75) is 61.8 Å². The lowest BCUT2D eigenvalue weighted by atomic mass is 9.86. The minimum absolute atomic E-state index is 0.00893. The number of carbonyl (C=O) groups excluding carboxylic acids is 3. The third kappa shape index (κ3) is 9.44. The molecule has 1 aliphatic carbocycles. The van der Waals surface area contributed by atoms with Crippen LogP contribution in [0.2, 0.25) is 0 Å². The van der Waals surface area contributed by atoms with Gasteiger partial charge in [0.25, 0.3) is 0 Å². The molecule has 0 aromatic rings. The minimum atomic E-state index is -0.566. The minimum Gasteiger partial charge on any atom is -0.462 e. The smallest absolute Gasteiger partial charge is 0.407 e. The van der Waals surface area contributed by atoms with Crippen LogP contribution in [0.5, 0.6) is 0 Å². The first-order chi connectivity index (χ1) is 11.6. The Bertz CT molecular complexity index is 470. The number of alkyl carbamates (subject to hydrolysis) is 1. The number of halogens is 2. The van der Waals surface area contributed by atoms with Crippen LogP contribution in [0.3, 0.4) is 0 Å². The van der Waals surface area contributed by atoms with Crippen LogP contribution in [0.4, 0.5) is 4.79 Å². The summed E-state index contributed by atoms with van der Waals surface area (Å²) in [6.45, 7) is 5.49. The molecule has 9 heteroatoms. The number of esters is 2. The first-order valence-corrected chi connectivity index (χ1v) is 10.0. The summed E-state index contributed by atoms with van der Waals surface area (Å²) in [4.78, 5) is 34.9. The summed E-state index contributed by atoms with van der Waals surface area (Å²) in [7, 11) is 0. The number of rotatable bonds is 6. The average Bonchev–Trinajstić information content (AvgIpc) is 2.49. The zero-order valence-electron chi connectivity index (χ0n) is 14.7.